The van der Waals surface area contributed by atoms with Crippen LogP contribution in [0.4, 0.5) is 0 Å². The molecule has 0 aromatic heterocycles. The molecule has 1 fully saturated rings. The van der Waals surface area contributed by atoms with Gasteiger partial charge in [-0.1, -0.05) is 54.6 Å². The number of hydrogen-bond donors (Lipinski definition) is 2. The molecule has 0 aliphatic carbocycles. The maximum absolute atomic E-state index is 12.6. The van der Waals surface area contributed by atoms with Crippen LogP contribution >= 0.6 is 0 Å². The van der Waals surface area contributed by atoms with Gasteiger partial charge in [0, 0.05) is 32.7 Å². The van der Waals surface area contributed by atoms with Crippen molar-refractivity contribution in [3.8, 4) is 0 Å². The van der Waals surface area contributed by atoms with Crippen LogP contribution in [0.15, 0.2) is 66.7 Å². The first kappa shape index (κ1) is 26.3. The number of fused-ring (bicyclic) bond motifs is 1. The smallest absolute Gasteiger partial charge is 0.338 e. The van der Waals surface area contributed by atoms with Crippen LogP contribution in [-0.2, 0) is 14.3 Å². The number of ether oxygens (including phenoxy) is 1. The van der Waals surface area contributed by atoms with Gasteiger partial charge in [0.1, 0.15) is 12.5 Å². The topological polar surface area (TPSA) is 113 Å². The first-order valence-electron chi connectivity index (χ1n) is 12.4. The Morgan fingerprint density at radius 2 is 1.59 bits per heavy atom. The molecule has 8 nitrogen and oxygen atoms in total. The van der Waals surface area contributed by atoms with Gasteiger partial charge in [-0.3, -0.25) is 19.4 Å². The molecule has 194 valence electrons. The Balaban J connectivity index is 1.34. The van der Waals surface area contributed by atoms with E-state index in [1.807, 2.05) is 56.3 Å². The highest BCUT2D eigenvalue weighted by molar-refractivity contribution is 5.93. The lowest BCUT2D eigenvalue weighted by Gasteiger charge is -2.42. The van der Waals surface area contributed by atoms with Gasteiger partial charge in [0.15, 0.2) is 0 Å². The third-order valence-electron chi connectivity index (χ3n) is 7.27. The second-order valence-corrected chi connectivity index (χ2v) is 9.85. The summed E-state index contributed by atoms with van der Waals surface area (Å²) in [5.74, 6) is -2.59. The monoisotopic (exact) mass is 503 g/mol. The van der Waals surface area contributed by atoms with Crippen molar-refractivity contribution in [3.05, 3.63) is 83.4 Å². The highest BCUT2D eigenvalue weighted by atomic mass is 16.5. The third kappa shape index (κ3) is 5.81. The fraction of sp³-hybridized carbons (Fsp3) is 0.345. The summed E-state index contributed by atoms with van der Waals surface area (Å²) in [6.45, 7) is 7.45. The molecule has 0 spiro atoms. The average Bonchev–Trinajstić information content (AvgIpc) is 2.89. The predicted octanol–water partition coefficient (Wildman–Crippen LogP) is 3.09. The zero-order valence-electron chi connectivity index (χ0n) is 21.2. The summed E-state index contributed by atoms with van der Waals surface area (Å²) in [5.41, 5.74) is 6.51. The van der Waals surface area contributed by atoms with Crippen molar-refractivity contribution >= 4 is 28.6 Å². The van der Waals surface area contributed by atoms with Crippen LogP contribution in [0.25, 0.3) is 10.8 Å². The van der Waals surface area contributed by atoms with Crippen molar-refractivity contribution in [2.24, 2.45) is 5.73 Å². The Kier molecular flexibility index (Phi) is 7.90. The van der Waals surface area contributed by atoms with E-state index in [1.54, 1.807) is 24.3 Å². The highest BCUT2D eigenvalue weighted by Gasteiger charge is 2.34. The number of aliphatic carboxylic acids is 1. The standard InChI is InChI=1S/C29H33N3O5/c1-29(2,28(30)36)32-16-14-31(15-17-32)18-19-37-27(35)22-12-10-21(11-13-22)25(26(33)34)24-9-5-7-20-6-3-4-8-23(20)24/h3-13,25H,14-19H2,1-2H3,(H2,30,36)(H,33,34). The molecule has 1 unspecified atom stereocenters. The van der Waals surface area contributed by atoms with Crippen LogP contribution in [0.3, 0.4) is 0 Å². The van der Waals surface area contributed by atoms with E-state index < -0.39 is 23.4 Å². The summed E-state index contributed by atoms with van der Waals surface area (Å²) in [7, 11) is 0. The fourth-order valence-electron chi connectivity index (χ4n) is 4.81. The molecule has 0 radical (unpaired) electrons. The molecule has 1 aliphatic rings. The average molecular weight is 504 g/mol. The van der Waals surface area contributed by atoms with Crippen LogP contribution in [0.1, 0.15) is 41.3 Å². The minimum absolute atomic E-state index is 0.244. The third-order valence-corrected chi connectivity index (χ3v) is 7.27. The zero-order valence-corrected chi connectivity index (χ0v) is 21.2. The summed E-state index contributed by atoms with van der Waals surface area (Å²) < 4.78 is 5.47. The van der Waals surface area contributed by atoms with Gasteiger partial charge in [-0.2, -0.15) is 0 Å². The normalized spacial score (nSPS) is 15.8. The molecular weight excluding hydrogens is 470 g/mol. The number of benzene rings is 3. The van der Waals surface area contributed by atoms with Crippen molar-refractivity contribution in [2.75, 3.05) is 39.3 Å². The van der Waals surface area contributed by atoms with E-state index in [0.717, 1.165) is 23.9 Å². The highest BCUT2D eigenvalue weighted by Crippen LogP contribution is 2.31. The van der Waals surface area contributed by atoms with Crippen LogP contribution in [0.2, 0.25) is 0 Å². The minimum atomic E-state index is -0.953. The number of piperazine rings is 1. The maximum atomic E-state index is 12.6. The number of carboxylic acid groups (broad SMARTS) is 1. The van der Waals surface area contributed by atoms with E-state index in [0.29, 0.717) is 36.3 Å². The molecule has 37 heavy (non-hydrogen) atoms. The number of carboxylic acids is 1. The second kappa shape index (κ2) is 11.1. The lowest BCUT2D eigenvalue weighted by atomic mass is 9.87. The molecule has 4 rings (SSSR count). The Hall–Kier alpha value is -3.75. The molecule has 1 aliphatic heterocycles. The SMILES string of the molecule is CC(C)(C(N)=O)N1CCN(CCOC(=O)c2ccc(C(C(=O)O)c3cccc4ccccc34)cc2)CC1. The fourth-order valence-corrected chi connectivity index (χ4v) is 4.81. The molecule has 0 bridgehead atoms. The van der Waals surface area contributed by atoms with E-state index in [-0.39, 0.29) is 12.5 Å². The number of carbonyl (C=O) groups excluding carboxylic acids is 2. The molecule has 1 amide bonds. The summed E-state index contributed by atoms with van der Waals surface area (Å²) in [6, 6.07) is 19.9. The predicted molar refractivity (Wildman–Crippen MR) is 141 cm³/mol. The molecule has 3 aromatic rings. The summed E-state index contributed by atoms with van der Waals surface area (Å²) in [4.78, 5) is 40.8. The van der Waals surface area contributed by atoms with Gasteiger partial charge in [-0.05, 0) is 47.9 Å². The minimum Gasteiger partial charge on any atom is -0.481 e. The second-order valence-electron chi connectivity index (χ2n) is 9.85. The zero-order chi connectivity index (χ0) is 26.6. The number of amides is 1. The van der Waals surface area contributed by atoms with Gasteiger partial charge < -0.3 is 15.6 Å². The van der Waals surface area contributed by atoms with Gasteiger partial charge >= 0.3 is 11.9 Å². The molecule has 1 atom stereocenters. The van der Waals surface area contributed by atoms with Crippen LogP contribution in [0, 0.1) is 0 Å². The van der Waals surface area contributed by atoms with E-state index >= 15 is 0 Å². The number of nitrogens with two attached hydrogens (primary N) is 1. The van der Waals surface area contributed by atoms with Crippen LogP contribution in [0.5, 0.6) is 0 Å². The Morgan fingerprint density at radius 3 is 2.24 bits per heavy atom. The van der Waals surface area contributed by atoms with Gasteiger partial charge in [-0.15, -0.1) is 0 Å². The molecule has 8 heteroatoms. The summed E-state index contributed by atoms with van der Waals surface area (Å²) in [6.07, 6.45) is 0. The largest absolute Gasteiger partial charge is 0.481 e. The lowest BCUT2D eigenvalue weighted by molar-refractivity contribution is -0.137. The van der Waals surface area contributed by atoms with Gasteiger partial charge in [0.2, 0.25) is 5.91 Å². The summed E-state index contributed by atoms with van der Waals surface area (Å²) in [5, 5.41) is 11.9. The number of primary amides is 1. The van der Waals surface area contributed by atoms with Crippen LogP contribution in [-0.4, -0.2) is 77.6 Å². The Bertz CT molecular complexity index is 1270. The first-order valence-corrected chi connectivity index (χ1v) is 12.4. The van der Waals surface area contributed by atoms with E-state index in [1.165, 1.54) is 0 Å². The van der Waals surface area contributed by atoms with Crippen molar-refractivity contribution in [3.63, 3.8) is 0 Å². The lowest BCUT2D eigenvalue weighted by Crippen LogP contribution is -2.59. The Morgan fingerprint density at radius 1 is 0.946 bits per heavy atom. The first-order chi connectivity index (χ1) is 17.7. The molecule has 3 aromatic carbocycles. The summed E-state index contributed by atoms with van der Waals surface area (Å²) >= 11 is 0. The van der Waals surface area contributed by atoms with E-state index in [9.17, 15) is 19.5 Å². The number of carbonyl (C=O) groups is 3. The maximum Gasteiger partial charge on any atom is 0.338 e. The quantitative estimate of drug-likeness (QED) is 0.432. The molecule has 3 N–H and O–H groups in total. The van der Waals surface area contributed by atoms with Gasteiger partial charge in [0.25, 0.3) is 0 Å². The van der Waals surface area contributed by atoms with Crippen molar-refractivity contribution in [2.45, 2.75) is 25.3 Å². The van der Waals surface area contributed by atoms with E-state index in [4.69, 9.17) is 10.5 Å². The molecule has 1 saturated heterocycles. The number of hydrogen-bond acceptors (Lipinski definition) is 6. The number of esters is 1. The van der Waals surface area contributed by atoms with Gasteiger partial charge in [-0.25, -0.2) is 4.79 Å². The van der Waals surface area contributed by atoms with Crippen molar-refractivity contribution < 1.29 is 24.2 Å². The van der Waals surface area contributed by atoms with Gasteiger partial charge in [0.05, 0.1) is 11.1 Å². The van der Waals surface area contributed by atoms with E-state index in [2.05, 4.69) is 9.80 Å². The van der Waals surface area contributed by atoms with Crippen molar-refractivity contribution in [1.82, 2.24) is 9.80 Å². The van der Waals surface area contributed by atoms with Crippen LogP contribution < -0.4 is 5.73 Å². The molecular formula is C29H33N3O5. The number of nitrogens with zero attached hydrogens (tertiary/aromatic N) is 2. The Labute approximate surface area is 216 Å². The molecule has 0 saturated carbocycles. The number of rotatable bonds is 9. The molecule has 1 heterocycles. The van der Waals surface area contributed by atoms with Crippen molar-refractivity contribution in [1.29, 1.82) is 0 Å².